The van der Waals surface area contributed by atoms with E-state index in [1.165, 1.54) is 7.05 Å². The van der Waals surface area contributed by atoms with Gasteiger partial charge in [-0.25, -0.2) is 9.67 Å². The highest BCUT2D eigenvalue weighted by Crippen LogP contribution is 2.48. The van der Waals surface area contributed by atoms with E-state index in [1.807, 2.05) is 12.1 Å². The molecule has 4 N–H and O–H groups in total. The van der Waals surface area contributed by atoms with Crippen LogP contribution in [-0.2, 0) is 14.9 Å². The molecule has 0 unspecified atom stereocenters. The van der Waals surface area contributed by atoms with Crippen LogP contribution in [0, 0.1) is 0 Å². The minimum Gasteiger partial charge on any atom is -0.494 e. The molecule has 1 aromatic carbocycles. The number of rotatable bonds is 8. The molecule has 0 spiro atoms. The van der Waals surface area contributed by atoms with Gasteiger partial charge in [0.2, 0.25) is 5.91 Å². The second-order valence-corrected chi connectivity index (χ2v) is 8.27. The second-order valence-electron chi connectivity index (χ2n) is 8.27. The van der Waals surface area contributed by atoms with Crippen molar-refractivity contribution < 1.29 is 19.1 Å². The molecule has 2 aliphatic rings. The van der Waals surface area contributed by atoms with Crippen molar-refractivity contribution >= 4 is 23.2 Å². The summed E-state index contributed by atoms with van der Waals surface area (Å²) < 4.78 is 12.7. The molecule has 1 saturated heterocycles. The summed E-state index contributed by atoms with van der Waals surface area (Å²) in [4.78, 5) is 28.9. The van der Waals surface area contributed by atoms with E-state index in [1.54, 1.807) is 30.3 Å². The van der Waals surface area contributed by atoms with Gasteiger partial charge in [-0.15, -0.1) is 5.10 Å². The number of para-hydroxylation sites is 1. The van der Waals surface area contributed by atoms with Crippen LogP contribution in [0.15, 0.2) is 30.6 Å². The van der Waals surface area contributed by atoms with Gasteiger partial charge in [-0.1, -0.05) is 6.07 Å². The van der Waals surface area contributed by atoms with Crippen molar-refractivity contribution in [2.45, 2.75) is 24.3 Å². The third-order valence-electron chi connectivity index (χ3n) is 6.18. The highest BCUT2D eigenvalue weighted by atomic mass is 16.5. The Morgan fingerprint density at radius 1 is 1.24 bits per heavy atom. The van der Waals surface area contributed by atoms with Gasteiger partial charge in [0.15, 0.2) is 17.3 Å². The number of anilines is 2. The molecule has 5 rings (SSSR count). The molecule has 1 aliphatic heterocycles. The molecule has 2 aromatic heterocycles. The van der Waals surface area contributed by atoms with Gasteiger partial charge < -0.3 is 25.8 Å². The van der Waals surface area contributed by atoms with Crippen molar-refractivity contribution in [3.8, 4) is 17.1 Å². The lowest BCUT2D eigenvalue weighted by Crippen LogP contribution is -2.30. The number of aromatic nitrogens is 5. The zero-order valence-corrected chi connectivity index (χ0v) is 18.7. The molecule has 34 heavy (non-hydrogen) atoms. The normalized spacial score (nSPS) is 16.4. The number of hydrogen-bond acceptors (Lipinski definition) is 9. The van der Waals surface area contributed by atoms with Gasteiger partial charge in [-0.3, -0.25) is 9.59 Å². The number of methoxy groups -OCH3 is 1. The molecule has 0 radical (unpaired) electrons. The van der Waals surface area contributed by atoms with Crippen molar-refractivity contribution in [3.63, 3.8) is 0 Å². The monoisotopic (exact) mass is 464 g/mol. The number of amides is 2. The fraction of sp³-hybridized carbons (Fsp3) is 0.364. The number of nitrogens with zero attached hydrogens (tertiary/aromatic N) is 5. The predicted octanol–water partition coefficient (Wildman–Crippen LogP) is 0.935. The molecule has 3 heterocycles. The molecule has 1 aliphatic carbocycles. The molecule has 2 amide bonds. The van der Waals surface area contributed by atoms with Crippen LogP contribution in [-0.4, -0.2) is 64.1 Å². The van der Waals surface area contributed by atoms with Gasteiger partial charge in [0, 0.05) is 7.05 Å². The lowest BCUT2D eigenvalue weighted by Gasteiger charge is -2.25. The first kappa shape index (κ1) is 21.8. The molecule has 1 saturated carbocycles. The molecule has 2 fully saturated rings. The molecule has 0 atom stereocenters. The number of nitrogens with two attached hydrogens (primary N) is 1. The van der Waals surface area contributed by atoms with Crippen molar-refractivity contribution in [2.24, 2.45) is 5.73 Å². The van der Waals surface area contributed by atoms with Gasteiger partial charge in [0.05, 0.1) is 48.4 Å². The van der Waals surface area contributed by atoms with Crippen molar-refractivity contribution in [1.82, 2.24) is 30.3 Å². The summed E-state index contributed by atoms with van der Waals surface area (Å²) >= 11 is 0. The maximum Gasteiger partial charge on any atom is 0.273 e. The minimum atomic E-state index is -0.849. The zero-order chi connectivity index (χ0) is 23.9. The van der Waals surface area contributed by atoms with Crippen LogP contribution in [0.4, 0.5) is 11.4 Å². The third kappa shape index (κ3) is 3.61. The van der Waals surface area contributed by atoms with Crippen molar-refractivity contribution in [2.75, 3.05) is 32.7 Å². The van der Waals surface area contributed by atoms with Gasteiger partial charge in [0.25, 0.3) is 5.91 Å². The lowest BCUT2D eigenvalue weighted by molar-refractivity contribution is -0.120. The topological polar surface area (TPSA) is 159 Å². The Morgan fingerprint density at radius 2 is 2.03 bits per heavy atom. The van der Waals surface area contributed by atoms with Crippen LogP contribution in [0.1, 0.15) is 35.1 Å². The summed E-state index contributed by atoms with van der Waals surface area (Å²) in [5.41, 5.74) is 6.87. The predicted molar refractivity (Wildman–Crippen MR) is 121 cm³/mol. The molecule has 3 aromatic rings. The Morgan fingerprint density at radius 3 is 2.65 bits per heavy atom. The van der Waals surface area contributed by atoms with Crippen molar-refractivity contribution in [3.05, 3.63) is 42.0 Å². The summed E-state index contributed by atoms with van der Waals surface area (Å²) in [5, 5.41) is 18.6. The van der Waals surface area contributed by atoms with Crippen LogP contribution >= 0.6 is 0 Å². The fourth-order valence-corrected chi connectivity index (χ4v) is 3.89. The van der Waals surface area contributed by atoms with Crippen molar-refractivity contribution in [1.29, 1.82) is 0 Å². The Labute approximate surface area is 194 Å². The highest BCUT2D eigenvalue weighted by Gasteiger charge is 2.52. The molecule has 12 nitrogen and oxygen atoms in total. The van der Waals surface area contributed by atoms with E-state index in [2.05, 4.69) is 30.9 Å². The number of hydrogen-bond donors (Lipinski definition) is 3. The molecular formula is C22H24N8O4. The van der Waals surface area contributed by atoms with E-state index in [0.29, 0.717) is 60.3 Å². The van der Waals surface area contributed by atoms with Crippen LogP contribution in [0.25, 0.3) is 11.4 Å². The van der Waals surface area contributed by atoms with E-state index in [4.69, 9.17) is 15.2 Å². The molecule has 12 heteroatoms. The molecule has 0 bridgehead atoms. The summed E-state index contributed by atoms with van der Waals surface area (Å²) in [7, 11) is 3.05. The van der Waals surface area contributed by atoms with E-state index in [-0.39, 0.29) is 11.7 Å². The second kappa shape index (κ2) is 8.37. The zero-order valence-electron chi connectivity index (χ0n) is 18.7. The first-order valence-corrected chi connectivity index (χ1v) is 10.8. The highest BCUT2D eigenvalue weighted by molar-refractivity contribution is 5.99. The van der Waals surface area contributed by atoms with Crippen LogP contribution in [0.5, 0.6) is 5.75 Å². The van der Waals surface area contributed by atoms with E-state index < -0.39 is 17.2 Å². The lowest BCUT2D eigenvalue weighted by atomic mass is 10.0. The van der Waals surface area contributed by atoms with E-state index >= 15 is 0 Å². The quantitative estimate of drug-likeness (QED) is 0.441. The van der Waals surface area contributed by atoms with E-state index in [9.17, 15) is 9.59 Å². The maximum atomic E-state index is 12.5. The Bertz CT molecular complexity index is 1270. The summed E-state index contributed by atoms with van der Waals surface area (Å²) in [6.07, 6.45) is 2.85. The summed E-state index contributed by atoms with van der Waals surface area (Å²) in [5.74, 6) is 0.0998. The largest absolute Gasteiger partial charge is 0.494 e. The SMILES string of the molecule is CNC(=O)c1nnc(C2(C(N)=O)CC2)cc1Nc1cccc(-c2ncn(C3COC3)n2)c1OC. The summed E-state index contributed by atoms with van der Waals surface area (Å²) in [6, 6.07) is 7.29. The van der Waals surface area contributed by atoms with Gasteiger partial charge >= 0.3 is 0 Å². The van der Waals surface area contributed by atoms with Crippen LogP contribution in [0.2, 0.25) is 0 Å². The Hall–Kier alpha value is -4.06. The standard InChI is InChI=1S/C22H24N8O4/c1-24-20(31)17-15(8-16(27-28-17)22(6-7-22)21(23)32)26-14-5-3-4-13(18(14)33-2)19-25-11-30(29-19)12-9-34-10-12/h3-5,8,11-12H,6-7,9-10H2,1-2H3,(H2,23,32)(H,24,31)(H,26,27). The number of benzene rings is 1. The Kier molecular flexibility index (Phi) is 5.36. The van der Waals surface area contributed by atoms with Gasteiger partial charge in [-0.2, -0.15) is 10.2 Å². The average Bonchev–Trinajstić information content (AvgIpc) is 3.50. The number of carbonyl (C=O) groups is 2. The number of carbonyl (C=O) groups excluding carboxylic acids is 2. The first-order valence-electron chi connectivity index (χ1n) is 10.8. The Balaban J connectivity index is 1.53. The molecule has 176 valence electrons. The number of primary amides is 1. The summed E-state index contributed by atoms with van der Waals surface area (Å²) in [6.45, 7) is 1.21. The number of ether oxygens (including phenoxy) is 2. The average molecular weight is 464 g/mol. The minimum absolute atomic E-state index is 0.0753. The fourth-order valence-electron chi connectivity index (χ4n) is 3.89. The van der Waals surface area contributed by atoms with Crippen LogP contribution < -0.4 is 21.1 Å². The smallest absolute Gasteiger partial charge is 0.273 e. The number of nitrogens with one attached hydrogen (secondary N) is 2. The molecular weight excluding hydrogens is 440 g/mol. The van der Waals surface area contributed by atoms with Gasteiger partial charge in [0.1, 0.15) is 12.4 Å². The maximum absolute atomic E-state index is 12.5. The van der Waals surface area contributed by atoms with Gasteiger partial charge in [-0.05, 0) is 31.0 Å². The van der Waals surface area contributed by atoms with E-state index in [0.717, 1.165) is 0 Å². The van der Waals surface area contributed by atoms with Crippen LogP contribution in [0.3, 0.4) is 0 Å². The first-order chi connectivity index (χ1) is 16.5. The third-order valence-corrected chi connectivity index (χ3v) is 6.18.